The molecule has 2 amide bonds. The molecule has 166 valence electrons. The molecular formula is C23H29ClN4O3. The smallest absolute Gasteiger partial charge is 0.299 e. The predicted molar refractivity (Wildman–Crippen MR) is 120 cm³/mol. The van der Waals surface area contributed by atoms with E-state index in [0.717, 1.165) is 31.2 Å². The molecule has 7 nitrogen and oxygen atoms in total. The average Bonchev–Trinajstić information content (AvgIpc) is 3.32. The first-order valence-corrected chi connectivity index (χ1v) is 11.4. The number of amides is 2. The molecule has 0 aliphatic carbocycles. The van der Waals surface area contributed by atoms with E-state index in [2.05, 4.69) is 6.92 Å². The number of aromatic nitrogens is 2. The molecule has 0 saturated carbocycles. The van der Waals surface area contributed by atoms with Gasteiger partial charge in [0, 0.05) is 18.1 Å². The molecule has 1 unspecified atom stereocenters. The van der Waals surface area contributed by atoms with Crippen LogP contribution in [0.4, 0.5) is 5.82 Å². The van der Waals surface area contributed by atoms with Crippen LogP contribution in [0.1, 0.15) is 62.5 Å². The number of fused-ring (bicyclic) bond motifs is 3. The molecule has 2 aromatic rings. The minimum absolute atomic E-state index is 0.0997. The molecule has 1 aromatic heterocycles. The molecule has 0 bridgehead atoms. The van der Waals surface area contributed by atoms with Crippen LogP contribution in [0.5, 0.6) is 6.01 Å². The van der Waals surface area contributed by atoms with E-state index in [4.69, 9.17) is 21.3 Å². The van der Waals surface area contributed by atoms with Gasteiger partial charge in [-0.1, -0.05) is 37.1 Å². The summed E-state index contributed by atoms with van der Waals surface area (Å²) in [5.41, 5.74) is 1.40. The van der Waals surface area contributed by atoms with Gasteiger partial charge in [-0.25, -0.2) is 0 Å². The van der Waals surface area contributed by atoms with Crippen LogP contribution in [0, 0.1) is 0 Å². The van der Waals surface area contributed by atoms with Crippen molar-refractivity contribution in [2.24, 2.45) is 0 Å². The van der Waals surface area contributed by atoms with Gasteiger partial charge in [-0.2, -0.15) is 4.98 Å². The second-order valence-electron chi connectivity index (χ2n) is 8.45. The number of imidazole rings is 1. The van der Waals surface area contributed by atoms with Gasteiger partial charge >= 0.3 is 0 Å². The first kappa shape index (κ1) is 21.7. The Morgan fingerprint density at radius 1 is 1.23 bits per heavy atom. The highest BCUT2D eigenvalue weighted by molar-refractivity contribution is 6.30. The van der Waals surface area contributed by atoms with E-state index in [9.17, 15) is 9.59 Å². The topological polar surface area (TPSA) is 67.7 Å². The van der Waals surface area contributed by atoms with E-state index in [-0.39, 0.29) is 24.0 Å². The van der Waals surface area contributed by atoms with Gasteiger partial charge in [0.2, 0.25) is 0 Å². The molecule has 2 aliphatic rings. The van der Waals surface area contributed by atoms with Crippen molar-refractivity contribution in [3.8, 4) is 6.01 Å². The van der Waals surface area contributed by atoms with Gasteiger partial charge < -0.3 is 9.64 Å². The predicted octanol–water partition coefficient (Wildman–Crippen LogP) is 4.12. The Kier molecular flexibility index (Phi) is 6.23. The molecule has 1 aromatic carbocycles. The molecule has 3 heterocycles. The molecule has 4 rings (SSSR count). The summed E-state index contributed by atoms with van der Waals surface area (Å²) in [6.45, 7) is 7.46. The number of hydrogen-bond donors (Lipinski definition) is 0. The van der Waals surface area contributed by atoms with Gasteiger partial charge in [0.25, 0.3) is 17.8 Å². The molecule has 0 spiro atoms. The van der Waals surface area contributed by atoms with Crippen LogP contribution < -0.4 is 9.64 Å². The van der Waals surface area contributed by atoms with E-state index in [0.29, 0.717) is 42.2 Å². The van der Waals surface area contributed by atoms with Crippen molar-refractivity contribution < 1.29 is 14.3 Å². The maximum Gasteiger partial charge on any atom is 0.299 e. The first-order chi connectivity index (χ1) is 14.9. The summed E-state index contributed by atoms with van der Waals surface area (Å²) < 4.78 is 7.83. The molecule has 8 heteroatoms. The van der Waals surface area contributed by atoms with Gasteiger partial charge in [0.15, 0.2) is 11.5 Å². The van der Waals surface area contributed by atoms with Gasteiger partial charge in [0.05, 0.1) is 12.6 Å². The van der Waals surface area contributed by atoms with Crippen LogP contribution in [-0.2, 0) is 11.3 Å². The Labute approximate surface area is 187 Å². The second-order valence-corrected chi connectivity index (χ2v) is 8.88. The Hall–Kier alpha value is -2.54. The van der Waals surface area contributed by atoms with Gasteiger partial charge in [-0.15, -0.1) is 0 Å². The van der Waals surface area contributed by atoms with Crippen molar-refractivity contribution in [3.05, 3.63) is 40.5 Å². The molecule has 0 N–H and O–H groups in total. The third-order valence-corrected chi connectivity index (χ3v) is 6.02. The fourth-order valence-electron chi connectivity index (χ4n) is 4.26. The van der Waals surface area contributed by atoms with E-state index < -0.39 is 0 Å². The molecule has 31 heavy (non-hydrogen) atoms. The van der Waals surface area contributed by atoms with Gasteiger partial charge in [-0.05, 0) is 50.8 Å². The maximum atomic E-state index is 13.7. The summed E-state index contributed by atoms with van der Waals surface area (Å²) in [6.07, 6.45) is 3.22. The third-order valence-electron chi connectivity index (χ3n) is 5.77. The number of ether oxygens (including phenoxy) is 1. The number of hydrogen-bond acceptors (Lipinski definition) is 5. The fourth-order valence-corrected chi connectivity index (χ4v) is 4.39. The van der Waals surface area contributed by atoms with E-state index in [1.54, 1.807) is 0 Å². The summed E-state index contributed by atoms with van der Waals surface area (Å²) in [5.74, 6) is 0.158. The third kappa shape index (κ3) is 4.15. The second kappa shape index (κ2) is 8.91. The SMILES string of the molecule is CCCCN1C(=O)c2c(nc(OC(C)C)n2Cc2ccc(Cl)cc2)N2CCCC2C1=O. The average molecular weight is 445 g/mol. The zero-order chi connectivity index (χ0) is 22.1. The van der Waals surface area contributed by atoms with Crippen LogP contribution >= 0.6 is 11.6 Å². The van der Waals surface area contributed by atoms with Crippen LogP contribution in [0.3, 0.4) is 0 Å². The zero-order valence-electron chi connectivity index (χ0n) is 18.3. The lowest BCUT2D eigenvalue weighted by atomic mass is 10.2. The molecule has 0 radical (unpaired) electrons. The van der Waals surface area contributed by atoms with Crippen molar-refractivity contribution >= 4 is 29.2 Å². The van der Waals surface area contributed by atoms with Crippen LogP contribution in [-0.4, -0.2) is 51.5 Å². The van der Waals surface area contributed by atoms with E-state index >= 15 is 0 Å². The summed E-state index contributed by atoms with van der Waals surface area (Å²) in [7, 11) is 0. The highest BCUT2D eigenvalue weighted by atomic mass is 35.5. The Morgan fingerprint density at radius 2 is 1.97 bits per heavy atom. The quantitative estimate of drug-likeness (QED) is 0.601. The summed E-state index contributed by atoms with van der Waals surface area (Å²) in [5, 5.41) is 0.652. The fraction of sp³-hybridized carbons (Fsp3) is 0.522. The lowest BCUT2D eigenvalue weighted by Gasteiger charge is -2.25. The van der Waals surface area contributed by atoms with E-state index in [1.165, 1.54) is 4.90 Å². The zero-order valence-corrected chi connectivity index (χ0v) is 19.1. The molecule has 1 atom stereocenters. The number of nitrogens with zero attached hydrogens (tertiary/aromatic N) is 4. The number of imide groups is 1. The number of benzene rings is 1. The monoisotopic (exact) mass is 444 g/mol. The summed E-state index contributed by atoms with van der Waals surface area (Å²) in [6, 6.07) is 7.56. The van der Waals surface area contributed by atoms with Crippen molar-refractivity contribution in [2.45, 2.75) is 65.1 Å². The number of rotatable bonds is 7. The van der Waals surface area contributed by atoms with Crippen LogP contribution in [0.15, 0.2) is 24.3 Å². The summed E-state index contributed by atoms with van der Waals surface area (Å²) >= 11 is 6.05. The molecule has 1 saturated heterocycles. The first-order valence-electron chi connectivity index (χ1n) is 11.0. The van der Waals surface area contributed by atoms with Gasteiger partial charge in [0.1, 0.15) is 6.04 Å². The lowest BCUT2D eigenvalue weighted by Crippen LogP contribution is -2.46. The van der Waals surface area contributed by atoms with Crippen LogP contribution in [0.25, 0.3) is 0 Å². The number of anilines is 1. The molecule has 2 aliphatic heterocycles. The number of carbonyl (C=O) groups excluding carboxylic acids is 2. The van der Waals surface area contributed by atoms with Crippen molar-refractivity contribution in [3.63, 3.8) is 0 Å². The summed E-state index contributed by atoms with van der Waals surface area (Å²) in [4.78, 5) is 35.1. The number of unbranched alkanes of at least 4 members (excludes halogenated alkanes) is 1. The van der Waals surface area contributed by atoms with Crippen molar-refractivity contribution in [1.82, 2.24) is 14.5 Å². The normalized spacial score (nSPS) is 18.4. The van der Waals surface area contributed by atoms with Crippen LogP contribution in [0.2, 0.25) is 5.02 Å². The minimum Gasteiger partial charge on any atom is -0.462 e. The largest absolute Gasteiger partial charge is 0.462 e. The highest BCUT2D eigenvalue weighted by Crippen LogP contribution is 2.36. The molecular weight excluding hydrogens is 416 g/mol. The Morgan fingerprint density at radius 3 is 2.65 bits per heavy atom. The van der Waals surface area contributed by atoms with E-state index in [1.807, 2.05) is 47.6 Å². The number of halogens is 1. The minimum atomic E-state index is -0.340. The van der Waals surface area contributed by atoms with Crippen molar-refractivity contribution in [2.75, 3.05) is 18.0 Å². The number of carbonyl (C=O) groups is 2. The lowest BCUT2D eigenvalue weighted by molar-refractivity contribution is -0.129. The molecule has 1 fully saturated rings. The highest BCUT2D eigenvalue weighted by Gasteiger charge is 2.45. The standard InChI is InChI=1S/C23H29ClN4O3/c1-4-5-12-27-21(29)18-7-6-13-26(18)20-19(22(27)30)28(23(25-20)31-15(2)3)14-16-8-10-17(24)11-9-16/h8-11,15,18H,4-7,12-14H2,1-3H3. The van der Waals surface area contributed by atoms with Gasteiger partial charge in [-0.3, -0.25) is 19.1 Å². The van der Waals surface area contributed by atoms with Crippen molar-refractivity contribution in [1.29, 1.82) is 0 Å². The Balaban J connectivity index is 1.84. The Bertz CT molecular complexity index is 970. The maximum absolute atomic E-state index is 13.7.